The number of thiazole rings is 1. The molecule has 0 aromatic carbocycles. The van der Waals surface area contributed by atoms with Crippen molar-refractivity contribution in [3.63, 3.8) is 0 Å². The van der Waals surface area contributed by atoms with E-state index in [0.29, 0.717) is 0 Å². The van der Waals surface area contributed by atoms with E-state index in [-0.39, 0.29) is 0 Å². The molecule has 0 radical (unpaired) electrons. The highest BCUT2D eigenvalue weighted by molar-refractivity contribution is 7.10. The zero-order chi connectivity index (χ0) is 13.8. The van der Waals surface area contributed by atoms with E-state index in [2.05, 4.69) is 16.0 Å². The van der Waals surface area contributed by atoms with Crippen molar-refractivity contribution < 1.29 is 19.8 Å². The maximum atomic E-state index is 9.10. The van der Waals surface area contributed by atoms with Crippen LogP contribution in [0.4, 0.5) is 0 Å². The van der Waals surface area contributed by atoms with E-state index in [1.54, 1.807) is 16.9 Å². The van der Waals surface area contributed by atoms with Gasteiger partial charge in [-0.2, -0.15) is 0 Å². The SMILES string of the molecule is C(=C1/CN2CCC1C2)/c1nccs1.O=C(O)C(=O)O. The lowest BCUT2D eigenvalue weighted by molar-refractivity contribution is -0.159. The van der Waals surface area contributed by atoms with Gasteiger partial charge < -0.3 is 10.2 Å². The average molecular weight is 282 g/mol. The highest BCUT2D eigenvalue weighted by atomic mass is 32.1. The van der Waals surface area contributed by atoms with Gasteiger partial charge in [0.2, 0.25) is 0 Å². The first-order valence-electron chi connectivity index (χ1n) is 5.85. The van der Waals surface area contributed by atoms with E-state index < -0.39 is 11.9 Å². The lowest BCUT2D eigenvalue weighted by Crippen LogP contribution is -2.17. The van der Waals surface area contributed by atoms with Crippen LogP contribution in [-0.2, 0) is 9.59 Å². The molecule has 19 heavy (non-hydrogen) atoms. The minimum absolute atomic E-state index is 0.837. The molecular formula is C12H14N2O4S. The van der Waals surface area contributed by atoms with Crippen LogP contribution in [0.15, 0.2) is 17.2 Å². The summed E-state index contributed by atoms with van der Waals surface area (Å²) in [7, 11) is 0. The number of carboxylic acids is 2. The van der Waals surface area contributed by atoms with Crippen molar-refractivity contribution >= 4 is 29.4 Å². The lowest BCUT2D eigenvalue weighted by Gasteiger charge is -2.13. The van der Waals surface area contributed by atoms with E-state index in [9.17, 15) is 0 Å². The molecule has 2 bridgehead atoms. The largest absolute Gasteiger partial charge is 0.473 e. The second-order valence-electron chi connectivity index (χ2n) is 4.42. The molecule has 2 unspecified atom stereocenters. The maximum absolute atomic E-state index is 9.10. The number of rotatable bonds is 1. The number of carbonyl (C=O) groups is 2. The van der Waals surface area contributed by atoms with Crippen molar-refractivity contribution in [2.75, 3.05) is 19.6 Å². The Labute approximate surface area is 114 Å². The Balaban J connectivity index is 0.000000192. The fourth-order valence-corrected chi connectivity index (χ4v) is 2.90. The number of aliphatic carboxylic acids is 2. The van der Waals surface area contributed by atoms with Crippen LogP contribution >= 0.6 is 11.3 Å². The number of fused-ring (bicyclic) bond motifs is 2. The Bertz CT molecular complexity index is 486. The number of nitrogens with zero attached hydrogens (tertiary/aromatic N) is 2. The second-order valence-corrected chi connectivity index (χ2v) is 5.35. The lowest BCUT2D eigenvalue weighted by atomic mass is 9.99. The van der Waals surface area contributed by atoms with Crippen molar-refractivity contribution in [1.29, 1.82) is 0 Å². The Morgan fingerprint density at radius 1 is 1.42 bits per heavy atom. The molecule has 0 spiro atoms. The Morgan fingerprint density at radius 2 is 2.16 bits per heavy atom. The third kappa shape index (κ3) is 3.62. The molecule has 3 heterocycles. The van der Waals surface area contributed by atoms with E-state index in [1.165, 1.54) is 31.1 Å². The van der Waals surface area contributed by atoms with Crippen LogP contribution in [0.5, 0.6) is 0 Å². The van der Waals surface area contributed by atoms with Gasteiger partial charge in [-0.3, -0.25) is 4.90 Å². The molecule has 1 aromatic rings. The molecule has 1 aromatic heterocycles. The van der Waals surface area contributed by atoms with Gasteiger partial charge in [-0.15, -0.1) is 11.3 Å². The van der Waals surface area contributed by atoms with Gasteiger partial charge in [0.15, 0.2) is 0 Å². The van der Waals surface area contributed by atoms with E-state index >= 15 is 0 Å². The van der Waals surface area contributed by atoms with E-state index in [4.69, 9.17) is 19.8 Å². The summed E-state index contributed by atoms with van der Waals surface area (Å²) in [5, 5.41) is 18.0. The van der Waals surface area contributed by atoms with Gasteiger partial charge in [0.05, 0.1) is 0 Å². The number of carboxylic acid groups (broad SMARTS) is 2. The van der Waals surface area contributed by atoms with Crippen LogP contribution in [0.3, 0.4) is 0 Å². The molecule has 2 N–H and O–H groups in total. The first kappa shape index (κ1) is 13.7. The second kappa shape index (κ2) is 5.94. The molecule has 2 aliphatic heterocycles. The number of hydrogen-bond donors (Lipinski definition) is 2. The standard InChI is InChI=1S/C10H12N2S.C2H2O4/c1-3-12-6-8(1)9(7-12)5-10-11-2-4-13-10;3-1(4)2(5)6/h2,4-5,8H,1,3,6-7H2;(H,3,4)(H,5,6)/b9-5+;. The van der Waals surface area contributed by atoms with Crippen LogP contribution < -0.4 is 0 Å². The van der Waals surface area contributed by atoms with Gasteiger partial charge in [-0.1, -0.05) is 0 Å². The van der Waals surface area contributed by atoms with Gasteiger partial charge in [-0.05, 0) is 30.5 Å². The predicted octanol–water partition coefficient (Wildman–Crippen LogP) is 1.02. The Morgan fingerprint density at radius 3 is 2.58 bits per heavy atom. The van der Waals surface area contributed by atoms with Gasteiger partial charge >= 0.3 is 11.9 Å². The highest BCUT2D eigenvalue weighted by Crippen LogP contribution is 2.33. The topological polar surface area (TPSA) is 90.7 Å². The maximum Gasteiger partial charge on any atom is 0.414 e. The fourth-order valence-electron chi connectivity index (χ4n) is 2.29. The molecule has 0 aliphatic carbocycles. The molecule has 0 amide bonds. The van der Waals surface area contributed by atoms with Gasteiger partial charge in [0.1, 0.15) is 5.01 Å². The number of hydrogen-bond acceptors (Lipinski definition) is 5. The molecule has 2 aliphatic rings. The molecule has 7 heteroatoms. The molecule has 6 nitrogen and oxygen atoms in total. The van der Waals surface area contributed by atoms with Crippen molar-refractivity contribution in [3.8, 4) is 0 Å². The summed E-state index contributed by atoms with van der Waals surface area (Å²) in [6.45, 7) is 3.78. The Hall–Kier alpha value is -1.73. The van der Waals surface area contributed by atoms with Crippen LogP contribution in [0.25, 0.3) is 6.08 Å². The van der Waals surface area contributed by atoms with Crippen LogP contribution in [0, 0.1) is 5.92 Å². The normalized spacial score (nSPS) is 26.0. The molecule has 2 atom stereocenters. The minimum Gasteiger partial charge on any atom is -0.473 e. The van der Waals surface area contributed by atoms with Crippen molar-refractivity contribution in [1.82, 2.24) is 9.88 Å². The van der Waals surface area contributed by atoms with Crippen LogP contribution in [0.1, 0.15) is 11.4 Å². The van der Waals surface area contributed by atoms with Crippen molar-refractivity contribution in [3.05, 3.63) is 22.2 Å². The van der Waals surface area contributed by atoms with E-state index in [0.717, 1.165) is 5.92 Å². The first-order valence-corrected chi connectivity index (χ1v) is 6.72. The third-order valence-corrected chi connectivity index (χ3v) is 3.87. The summed E-state index contributed by atoms with van der Waals surface area (Å²) >= 11 is 1.73. The van der Waals surface area contributed by atoms with Crippen molar-refractivity contribution in [2.24, 2.45) is 5.92 Å². The monoisotopic (exact) mass is 282 g/mol. The average Bonchev–Trinajstić information content (AvgIpc) is 3.06. The first-order chi connectivity index (χ1) is 9.06. The van der Waals surface area contributed by atoms with E-state index in [1.807, 2.05) is 11.6 Å². The molecular weight excluding hydrogens is 268 g/mol. The third-order valence-electron chi connectivity index (χ3n) is 3.15. The number of piperidine rings is 1. The summed E-state index contributed by atoms with van der Waals surface area (Å²) in [5.74, 6) is -2.81. The molecule has 3 rings (SSSR count). The predicted molar refractivity (Wildman–Crippen MR) is 69.9 cm³/mol. The molecule has 2 saturated heterocycles. The number of aromatic nitrogens is 1. The summed E-state index contributed by atoms with van der Waals surface area (Å²) in [5.41, 5.74) is 1.60. The minimum atomic E-state index is -1.82. The molecule has 0 saturated carbocycles. The van der Waals surface area contributed by atoms with Gasteiger partial charge in [0, 0.05) is 24.7 Å². The highest BCUT2D eigenvalue weighted by Gasteiger charge is 2.33. The summed E-state index contributed by atoms with van der Waals surface area (Å²) < 4.78 is 0. The zero-order valence-corrected chi connectivity index (χ0v) is 11.0. The van der Waals surface area contributed by atoms with Gasteiger partial charge in [0.25, 0.3) is 0 Å². The molecule has 102 valence electrons. The quantitative estimate of drug-likeness (QED) is 0.747. The van der Waals surface area contributed by atoms with Crippen molar-refractivity contribution in [2.45, 2.75) is 6.42 Å². The van der Waals surface area contributed by atoms with Crippen LogP contribution in [-0.4, -0.2) is 51.7 Å². The fraction of sp³-hybridized carbons (Fsp3) is 0.417. The summed E-state index contributed by atoms with van der Waals surface area (Å²) in [4.78, 5) is 25.0. The zero-order valence-electron chi connectivity index (χ0n) is 10.2. The smallest absolute Gasteiger partial charge is 0.414 e. The van der Waals surface area contributed by atoms with Crippen LogP contribution in [0.2, 0.25) is 0 Å². The van der Waals surface area contributed by atoms with Gasteiger partial charge in [-0.25, -0.2) is 14.6 Å². The molecule has 2 fully saturated rings. The Kier molecular flexibility index (Phi) is 4.28. The summed E-state index contributed by atoms with van der Waals surface area (Å²) in [6, 6.07) is 0. The summed E-state index contributed by atoms with van der Waals surface area (Å²) in [6.07, 6.45) is 5.52.